The number of aryl methyl sites for hydroxylation is 1. The number of nitrogens with zero attached hydrogens (tertiary/aromatic N) is 1. The summed E-state index contributed by atoms with van der Waals surface area (Å²) < 4.78 is 0. The van der Waals surface area contributed by atoms with E-state index in [0.29, 0.717) is 6.04 Å². The number of hydrogen-bond donors (Lipinski definition) is 1. The van der Waals surface area contributed by atoms with Crippen molar-refractivity contribution in [3.63, 3.8) is 0 Å². The van der Waals surface area contributed by atoms with E-state index >= 15 is 0 Å². The second-order valence-corrected chi connectivity index (χ2v) is 6.93. The molecule has 0 radical (unpaired) electrons. The quantitative estimate of drug-likeness (QED) is 0.864. The predicted octanol–water partition coefficient (Wildman–Crippen LogP) is 4.18. The van der Waals surface area contributed by atoms with Gasteiger partial charge < -0.3 is 5.32 Å². The summed E-state index contributed by atoms with van der Waals surface area (Å²) in [6, 6.07) is 0.410. The van der Waals surface area contributed by atoms with Crippen LogP contribution in [0.4, 0.5) is 0 Å². The molecule has 2 nitrogen and oxygen atoms in total. The van der Waals surface area contributed by atoms with Crippen molar-refractivity contribution in [3.05, 3.63) is 16.1 Å². The van der Waals surface area contributed by atoms with Crippen LogP contribution in [-0.2, 0) is 6.42 Å². The molecular weight excluding hydrogens is 240 g/mol. The lowest BCUT2D eigenvalue weighted by molar-refractivity contribution is 0.268. The Bertz CT molecular complexity index is 361. The van der Waals surface area contributed by atoms with Crippen LogP contribution >= 0.6 is 11.3 Å². The van der Waals surface area contributed by atoms with Gasteiger partial charge in [0.2, 0.25) is 0 Å². The van der Waals surface area contributed by atoms with Crippen LogP contribution in [-0.4, -0.2) is 11.5 Å². The summed E-state index contributed by atoms with van der Waals surface area (Å²) in [6.07, 6.45) is 8.78. The van der Waals surface area contributed by atoms with Gasteiger partial charge in [-0.05, 0) is 44.6 Å². The Morgan fingerprint density at radius 1 is 1.50 bits per heavy atom. The lowest BCUT2D eigenvalue weighted by Crippen LogP contribution is -2.28. The normalized spacial score (nSPS) is 26.2. The van der Waals surface area contributed by atoms with Gasteiger partial charge in [0.05, 0.1) is 6.04 Å². The average Bonchev–Trinajstić information content (AvgIpc) is 2.85. The number of nitrogens with one attached hydrogen (secondary N) is 1. The van der Waals surface area contributed by atoms with Crippen LogP contribution in [0.1, 0.15) is 62.4 Å². The van der Waals surface area contributed by atoms with Gasteiger partial charge in [-0.2, -0.15) is 0 Å². The average molecular weight is 266 g/mol. The standard InChI is InChI=1S/C15H26N2S/c1-4-14-10-17-15(18-14)12(3)16-9-13-7-5-6-11(2)8-13/h10-13,16H,4-9H2,1-3H3. The van der Waals surface area contributed by atoms with Crippen molar-refractivity contribution in [2.75, 3.05) is 6.54 Å². The minimum Gasteiger partial charge on any atom is -0.308 e. The van der Waals surface area contributed by atoms with Crippen LogP contribution in [0.2, 0.25) is 0 Å². The van der Waals surface area contributed by atoms with Crippen molar-refractivity contribution in [2.24, 2.45) is 11.8 Å². The first-order chi connectivity index (χ1) is 8.69. The van der Waals surface area contributed by atoms with Gasteiger partial charge in [-0.15, -0.1) is 11.3 Å². The lowest BCUT2D eigenvalue weighted by Gasteiger charge is -2.27. The molecule has 1 aliphatic rings. The molecule has 1 aromatic heterocycles. The van der Waals surface area contributed by atoms with Crippen LogP contribution < -0.4 is 5.32 Å². The van der Waals surface area contributed by atoms with Crippen LogP contribution in [0.25, 0.3) is 0 Å². The van der Waals surface area contributed by atoms with Gasteiger partial charge in [0, 0.05) is 11.1 Å². The predicted molar refractivity (Wildman–Crippen MR) is 79.0 cm³/mol. The van der Waals surface area contributed by atoms with Crippen LogP contribution in [0.5, 0.6) is 0 Å². The third kappa shape index (κ3) is 3.79. The highest BCUT2D eigenvalue weighted by molar-refractivity contribution is 7.11. The molecule has 102 valence electrons. The molecule has 0 bridgehead atoms. The minimum absolute atomic E-state index is 0.410. The molecule has 1 N–H and O–H groups in total. The van der Waals surface area contributed by atoms with Gasteiger partial charge in [-0.25, -0.2) is 4.98 Å². The molecule has 0 aromatic carbocycles. The lowest BCUT2D eigenvalue weighted by atomic mass is 9.82. The second kappa shape index (κ2) is 6.67. The fraction of sp³-hybridized carbons (Fsp3) is 0.800. The summed E-state index contributed by atoms with van der Waals surface area (Å²) in [7, 11) is 0. The van der Waals surface area contributed by atoms with E-state index in [9.17, 15) is 0 Å². The molecule has 1 fully saturated rings. The minimum atomic E-state index is 0.410. The Balaban J connectivity index is 1.78. The van der Waals surface area contributed by atoms with E-state index in [1.807, 2.05) is 17.5 Å². The summed E-state index contributed by atoms with van der Waals surface area (Å²) >= 11 is 1.85. The molecule has 3 heteroatoms. The number of hydrogen-bond acceptors (Lipinski definition) is 3. The Morgan fingerprint density at radius 3 is 3.00 bits per heavy atom. The molecule has 1 aliphatic carbocycles. The van der Waals surface area contributed by atoms with E-state index in [1.54, 1.807) is 0 Å². The van der Waals surface area contributed by atoms with Gasteiger partial charge in [-0.1, -0.05) is 26.7 Å². The van der Waals surface area contributed by atoms with Crippen molar-refractivity contribution in [2.45, 2.75) is 58.9 Å². The van der Waals surface area contributed by atoms with Crippen molar-refractivity contribution in [1.29, 1.82) is 0 Å². The molecule has 1 saturated carbocycles. The maximum atomic E-state index is 4.52. The maximum absolute atomic E-state index is 4.52. The number of rotatable bonds is 5. The summed E-state index contributed by atoms with van der Waals surface area (Å²) in [4.78, 5) is 5.92. The fourth-order valence-electron chi connectivity index (χ4n) is 2.86. The van der Waals surface area contributed by atoms with Crippen molar-refractivity contribution < 1.29 is 0 Å². The first kappa shape index (κ1) is 14.0. The zero-order valence-corrected chi connectivity index (χ0v) is 12.7. The summed E-state index contributed by atoms with van der Waals surface area (Å²) in [5.74, 6) is 1.80. The Morgan fingerprint density at radius 2 is 2.33 bits per heavy atom. The van der Waals surface area contributed by atoms with E-state index < -0.39 is 0 Å². The highest BCUT2D eigenvalue weighted by atomic mass is 32.1. The van der Waals surface area contributed by atoms with Crippen molar-refractivity contribution in [3.8, 4) is 0 Å². The highest BCUT2D eigenvalue weighted by Gasteiger charge is 2.19. The van der Waals surface area contributed by atoms with Crippen molar-refractivity contribution >= 4 is 11.3 Å². The zero-order chi connectivity index (χ0) is 13.0. The molecule has 0 aliphatic heterocycles. The van der Waals surface area contributed by atoms with E-state index in [-0.39, 0.29) is 0 Å². The van der Waals surface area contributed by atoms with Crippen LogP contribution in [0, 0.1) is 11.8 Å². The first-order valence-corrected chi connectivity index (χ1v) is 8.18. The summed E-state index contributed by atoms with van der Waals surface area (Å²) in [5, 5.41) is 4.92. The highest BCUT2D eigenvalue weighted by Crippen LogP contribution is 2.28. The summed E-state index contributed by atoms with van der Waals surface area (Å²) in [5.41, 5.74) is 0. The molecule has 1 heterocycles. The van der Waals surface area contributed by atoms with Crippen molar-refractivity contribution in [1.82, 2.24) is 10.3 Å². The molecule has 1 aromatic rings. The fourth-order valence-corrected chi connectivity index (χ4v) is 3.75. The van der Waals surface area contributed by atoms with E-state index in [0.717, 1.165) is 24.8 Å². The number of aromatic nitrogens is 1. The van der Waals surface area contributed by atoms with Crippen LogP contribution in [0.15, 0.2) is 6.20 Å². The molecule has 0 saturated heterocycles. The van der Waals surface area contributed by atoms with E-state index in [4.69, 9.17) is 0 Å². The van der Waals surface area contributed by atoms with Gasteiger partial charge in [0.25, 0.3) is 0 Å². The molecular formula is C15H26N2S. The summed E-state index contributed by atoms with van der Waals surface area (Å²) in [6.45, 7) is 7.99. The van der Waals surface area contributed by atoms with Crippen LogP contribution in [0.3, 0.4) is 0 Å². The molecule has 0 spiro atoms. The largest absolute Gasteiger partial charge is 0.308 e. The molecule has 3 unspecified atom stereocenters. The Labute approximate surface area is 115 Å². The van der Waals surface area contributed by atoms with E-state index in [2.05, 4.69) is 31.1 Å². The maximum Gasteiger partial charge on any atom is 0.109 e. The Kier molecular flexibility index (Phi) is 5.19. The molecule has 3 atom stereocenters. The monoisotopic (exact) mass is 266 g/mol. The number of thiazole rings is 1. The SMILES string of the molecule is CCc1cnc(C(C)NCC2CCCC(C)C2)s1. The second-order valence-electron chi connectivity index (χ2n) is 5.79. The molecule has 2 rings (SSSR count). The van der Waals surface area contributed by atoms with Gasteiger partial charge in [-0.3, -0.25) is 0 Å². The smallest absolute Gasteiger partial charge is 0.109 e. The van der Waals surface area contributed by atoms with Gasteiger partial charge in [0.15, 0.2) is 0 Å². The Hall–Kier alpha value is -0.410. The zero-order valence-electron chi connectivity index (χ0n) is 11.9. The van der Waals surface area contributed by atoms with Gasteiger partial charge >= 0.3 is 0 Å². The van der Waals surface area contributed by atoms with Gasteiger partial charge in [0.1, 0.15) is 5.01 Å². The third-order valence-corrected chi connectivity index (χ3v) is 5.37. The molecule has 18 heavy (non-hydrogen) atoms. The first-order valence-electron chi connectivity index (χ1n) is 7.37. The van der Waals surface area contributed by atoms with E-state index in [1.165, 1.54) is 35.6 Å². The third-order valence-electron chi connectivity index (χ3n) is 4.05. The molecule has 0 amide bonds. The topological polar surface area (TPSA) is 24.9 Å².